The molecule has 0 radical (unpaired) electrons. The molecule has 4 heteroatoms. The van der Waals surface area contributed by atoms with Gasteiger partial charge >= 0.3 is 0 Å². The van der Waals surface area contributed by atoms with Gasteiger partial charge in [-0.2, -0.15) is 0 Å². The van der Waals surface area contributed by atoms with E-state index in [-0.39, 0.29) is 5.60 Å². The van der Waals surface area contributed by atoms with Crippen LogP contribution in [-0.4, -0.2) is 23.7 Å². The van der Waals surface area contributed by atoms with Gasteiger partial charge in [-0.05, 0) is 40.5 Å². The van der Waals surface area contributed by atoms with E-state index in [0.717, 1.165) is 24.4 Å². The molecule has 0 saturated heterocycles. The first kappa shape index (κ1) is 15.6. The predicted molar refractivity (Wildman–Crippen MR) is 78.2 cm³/mol. The van der Waals surface area contributed by atoms with Crippen molar-refractivity contribution in [2.75, 3.05) is 7.11 Å². The summed E-state index contributed by atoms with van der Waals surface area (Å²) >= 11 is 1.80. The van der Waals surface area contributed by atoms with Gasteiger partial charge < -0.3 is 10.1 Å². The van der Waals surface area contributed by atoms with Crippen molar-refractivity contribution in [3.05, 3.63) is 15.6 Å². The SMILES string of the molecule is CCc1nc(C)sc1CN[C@@H](C)CC(C)(C)OC. The molecule has 0 bridgehead atoms. The largest absolute Gasteiger partial charge is 0.379 e. The van der Waals surface area contributed by atoms with E-state index in [4.69, 9.17) is 4.74 Å². The Morgan fingerprint density at radius 2 is 2.11 bits per heavy atom. The van der Waals surface area contributed by atoms with Crippen LogP contribution in [0.15, 0.2) is 0 Å². The van der Waals surface area contributed by atoms with Crippen molar-refractivity contribution in [2.45, 2.75) is 65.6 Å². The number of rotatable bonds is 7. The van der Waals surface area contributed by atoms with Gasteiger partial charge in [0.2, 0.25) is 0 Å². The van der Waals surface area contributed by atoms with E-state index in [9.17, 15) is 0 Å². The van der Waals surface area contributed by atoms with Crippen molar-refractivity contribution in [1.29, 1.82) is 0 Å². The number of methoxy groups -OCH3 is 1. The summed E-state index contributed by atoms with van der Waals surface area (Å²) in [6, 6.07) is 0.437. The van der Waals surface area contributed by atoms with Crippen molar-refractivity contribution < 1.29 is 4.74 Å². The zero-order valence-electron chi connectivity index (χ0n) is 12.5. The summed E-state index contributed by atoms with van der Waals surface area (Å²) < 4.78 is 5.46. The van der Waals surface area contributed by atoms with Crippen molar-refractivity contribution >= 4 is 11.3 Å². The molecule has 0 spiro atoms. The lowest BCUT2D eigenvalue weighted by Crippen LogP contribution is -2.35. The Labute approximate surface area is 115 Å². The van der Waals surface area contributed by atoms with Crippen LogP contribution in [0.3, 0.4) is 0 Å². The Hall–Kier alpha value is -0.450. The average molecular weight is 270 g/mol. The molecule has 1 rings (SSSR count). The number of hydrogen-bond donors (Lipinski definition) is 1. The van der Waals surface area contributed by atoms with Crippen molar-refractivity contribution in [2.24, 2.45) is 0 Å². The van der Waals surface area contributed by atoms with Gasteiger partial charge in [-0.3, -0.25) is 0 Å². The Morgan fingerprint density at radius 3 is 2.67 bits per heavy atom. The van der Waals surface area contributed by atoms with Crippen LogP contribution in [-0.2, 0) is 17.7 Å². The molecule has 1 heterocycles. The molecule has 1 atom stereocenters. The number of aryl methyl sites for hydroxylation is 2. The second-order valence-corrected chi connectivity index (χ2v) is 6.69. The smallest absolute Gasteiger partial charge is 0.0900 e. The van der Waals surface area contributed by atoms with Crippen LogP contribution in [0.5, 0.6) is 0 Å². The van der Waals surface area contributed by atoms with E-state index in [1.807, 2.05) is 0 Å². The summed E-state index contributed by atoms with van der Waals surface area (Å²) in [6.07, 6.45) is 2.02. The third-order valence-corrected chi connectivity index (χ3v) is 4.19. The highest BCUT2D eigenvalue weighted by atomic mass is 32.1. The van der Waals surface area contributed by atoms with Crippen LogP contribution in [0.1, 0.15) is 49.7 Å². The standard InChI is InChI=1S/C14H26N2OS/c1-7-12-13(18-11(3)16-12)9-15-10(2)8-14(4,5)17-6/h10,15H,7-9H2,1-6H3/t10-/m0/s1. The minimum Gasteiger partial charge on any atom is -0.379 e. The van der Waals surface area contributed by atoms with Gasteiger partial charge in [0.25, 0.3) is 0 Å². The zero-order chi connectivity index (χ0) is 13.8. The second kappa shape index (κ2) is 6.64. The molecule has 1 aromatic rings. The minimum atomic E-state index is -0.0659. The lowest BCUT2D eigenvalue weighted by atomic mass is 10.00. The number of thiazole rings is 1. The number of ether oxygens (including phenoxy) is 1. The Kier molecular flexibility index (Phi) is 5.76. The van der Waals surface area contributed by atoms with Gasteiger partial charge in [0.15, 0.2) is 0 Å². The van der Waals surface area contributed by atoms with Crippen LogP contribution >= 0.6 is 11.3 Å². The first-order valence-electron chi connectivity index (χ1n) is 6.61. The van der Waals surface area contributed by atoms with Crippen LogP contribution in [0, 0.1) is 6.92 Å². The molecule has 3 nitrogen and oxygen atoms in total. The molecule has 0 aliphatic heterocycles. The summed E-state index contributed by atoms with van der Waals surface area (Å²) in [4.78, 5) is 5.92. The maximum Gasteiger partial charge on any atom is 0.0900 e. The molecule has 18 heavy (non-hydrogen) atoms. The van der Waals surface area contributed by atoms with E-state index in [2.05, 4.69) is 44.9 Å². The molecule has 1 aromatic heterocycles. The first-order chi connectivity index (χ1) is 8.38. The van der Waals surface area contributed by atoms with Crippen molar-refractivity contribution in [1.82, 2.24) is 10.3 Å². The van der Waals surface area contributed by atoms with E-state index in [0.29, 0.717) is 6.04 Å². The first-order valence-corrected chi connectivity index (χ1v) is 7.43. The second-order valence-electron chi connectivity index (χ2n) is 5.41. The zero-order valence-corrected chi connectivity index (χ0v) is 13.3. The molecule has 0 amide bonds. The van der Waals surface area contributed by atoms with Crippen LogP contribution in [0.25, 0.3) is 0 Å². The predicted octanol–water partition coefficient (Wildman–Crippen LogP) is 3.31. The van der Waals surface area contributed by atoms with Gasteiger partial charge in [0.05, 0.1) is 16.3 Å². The fraction of sp³-hybridized carbons (Fsp3) is 0.786. The van der Waals surface area contributed by atoms with Gasteiger partial charge in [-0.15, -0.1) is 11.3 Å². The third-order valence-electron chi connectivity index (χ3n) is 3.18. The summed E-state index contributed by atoms with van der Waals surface area (Å²) in [6.45, 7) is 11.6. The maximum atomic E-state index is 5.46. The third kappa shape index (κ3) is 4.67. The Bertz CT molecular complexity index is 374. The highest BCUT2D eigenvalue weighted by Crippen LogP contribution is 2.20. The van der Waals surface area contributed by atoms with Gasteiger partial charge in [-0.1, -0.05) is 6.92 Å². The number of nitrogens with zero attached hydrogens (tertiary/aromatic N) is 1. The summed E-state index contributed by atoms with van der Waals surface area (Å²) in [5.41, 5.74) is 1.17. The summed E-state index contributed by atoms with van der Waals surface area (Å²) in [5.74, 6) is 0. The minimum absolute atomic E-state index is 0.0659. The number of aromatic nitrogens is 1. The molecule has 0 saturated carbocycles. The molecule has 0 aliphatic rings. The molecule has 0 unspecified atom stereocenters. The fourth-order valence-corrected chi connectivity index (χ4v) is 3.06. The molecule has 1 N–H and O–H groups in total. The molecule has 0 aliphatic carbocycles. The van der Waals surface area contributed by atoms with E-state index < -0.39 is 0 Å². The molecule has 104 valence electrons. The molecule has 0 aromatic carbocycles. The highest BCUT2D eigenvalue weighted by Gasteiger charge is 2.20. The lowest BCUT2D eigenvalue weighted by molar-refractivity contribution is 0.00846. The van der Waals surface area contributed by atoms with E-state index >= 15 is 0 Å². The van der Waals surface area contributed by atoms with Crippen LogP contribution in [0.4, 0.5) is 0 Å². The van der Waals surface area contributed by atoms with Gasteiger partial charge in [0.1, 0.15) is 0 Å². The van der Waals surface area contributed by atoms with Crippen LogP contribution in [0.2, 0.25) is 0 Å². The number of nitrogens with one attached hydrogen (secondary N) is 1. The van der Waals surface area contributed by atoms with E-state index in [1.165, 1.54) is 10.6 Å². The van der Waals surface area contributed by atoms with Crippen molar-refractivity contribution in [3.8, 4) is 0 Å². The maximum absolute atomic E-state index is 5.46. The van der Waals surface area contributed by atoms with Crippen LogP contribution < -0.4 is 5.32 Å². The molecular formula is C14H26N2OS. The Morgan fingerprint density at radius 1 is 1.44 bits per heavy atom. The lowest BCUT2D eigenvalue weighted by Gasteiger charge is -2.27. The summed E-state index contributed by atoms with van der Waals surface area (Å²) in [7, 11) is 1.77. The average Bonchev–Trinajstić information content (AvgIpc) is 2.66. The molecule has 0 fully saturated rings. The monoisotopic (exact) mass is 270 g/mol. The fourth-order valence-electron chi connectivity index (χ4n) is 2.09. The van der Waals surface area contributed by atoms with E-state index in [1.54, 1.807) is 18.4 Å². The van der Waals surface area contributed by atoms with Gasteiger partial charge in [0, 0.05) is 24.6 Å². The summed E-state index contributed by atoms with van der Waals surface area (Å²) in [5, 5.41) is 4.73. The van der Waals surface area contributed by atoms with Crippen molar-refractivity contribution in [3.63, 3.8) is 0 Å². The quantitative estimate of drug-likeness (QED) is 0.825. The number of hydrogen-bond acceptors (Lipinski definition) is 4. The normalized spacial score (nSPS) is 13.9. The topological polar surface area (TPSA) is 34.2 Å². The highest BCUT2D eigenvalue weighted by molar-refractivity contribution is 7.11. The Balaban J connectivity index is 2.49. The molecular weight excluding hydrogens is 244 g/mol. The van der Waals surface area contributed by atoms with Gasteiger partial charge in [-0.25, -0.2) is 4.98 Å².